The topological polar surface area (TPSA) is 43.3 Å². The van der Waals surface area contributed by atoms with E-state index >= 15 is 0 Å². The first-order valence-electron chi connectivity index (χ1n) is 9.01. The van der Waals surface area contributed by atoms with E-state index in [4.69, 9.17) is 10.7 Å². The summed E-state index contributed by atoms with van der Waals surface area (Å²) in [4.78, 5) is 7.68. The van der Waals surface area contributed by atoms with Gasteiger partial charge >= 0.3 is 0 Å². The summed E-state index contributed by atoms with van der Waals surface area (Å²) >= 11 is 1.87. The van der Waals surface area contributed by atoms with Crippen LogP contribution in [0.4, 0.5) is 0 Å². The molecule has 1 aliphatic carbocycles. The Kier molecular flexibility index (Phi) is 4.19. The third kappa shape index (κ3) is 2.58. The van der Waals surface area contributed by atoms with Gasteiger partial charge in [0.15, 0.2) is 4.96 Å². The molecule has 0 bridgehead atoms. The number of nitrogens with two attached hydrogens (primary N) is 1. The van der Waals surface area contributed by atoms with E-state index in [1.807, 2.05) is 11.3 Å². The van der Waals surface area contributed by atoms with E-state index in [-0.39, 0.29) is 0 Å². The molecule has 1 aliphatic rings. The van der Waals surface area contributed by atoms with Crippen LogP contribution in [0.3, 0.4) is 0 Å². The van der Waals surface area contributed by atoms with Crippen molar-refractivity contribution in [3.05, 3.63) is 46.1 Å². The summed E-state index contributed by atoms with van der Waals surface area (Å²) in [7, 11) is 0. The SMILES string of the molecule is CC(C)c1ccc(-c2nc3sc4c(n3c2CCN)CCCC4)cc1. The Bertz CT molecular complexity index is 855. The quantitative estimate of drug-likeness (QED) is 0.757. The van der Waals surface area contributed by atoms with E-state index < -0.39 is 0 Å². The van der Waals surface area contributed by atoms with Crippen LogP contribution >= 0.6 is 11.3 Å². The Morgan fingerprint density at radius 2 is 1.92 bits per heavy atom. The number of aromatic nitrogens is 2. The average Bonchev–Trinajstić information content (AvgIpc) is 3.12. The van der Waals surface area contributed by atoms with Gasteiger partial charge < -0.3 is 5.73 Å². The largest absolute Gasteiger partial charge is 0.330 e. The molecule has 0 fully saturated rings. The van der Waals surface area contributed by atoms with Gasteiger partial charge in [-0.05, 0) is 43.7 Å². The maximum atomic E-state index is 5.93. The maximum Gasteiger partial charge on any atom is 0.194 e. The lowest BCUT2D eigenvalue weighted by atomic mass is 9.99. The van der Waals surface area contributed by atoms with Gasteiger partial charge in [-0.25, -0.2) is 4.98 Å². The molecule has 126 valence electrons. The molecule has 0 atom stereocenters. The fraction of sp³-hybridized carbons (Fsp3) is 0.450. The Labute approximate surface area is 147 Å². The van der Waals surface area contributed by atoms with Crippen molar-refractivity contribution in [2.24, 2.45) is 5.73 Å². The van der Waals surface area contributed by atoms with Crippen molar-refractivity contribution in [3.8, 4) is 11.3 Å². The van der Waals surface area contributed by atoms with E-state index in [0.29, 0.717) is 12.5 Å². The zero-order chi connectivity index (χ0) is 16.7. The van der Waals surface area contributed by atoms with Gasteiger partial charge in [-0.3, -0.25) is 4.40 Å². The zero-order valence-electron chi connectivity index (χ0n) is 14.5. The van der Waals surface area contributed by atoms with Crippen LogP contribution in [0.15, 0.2) is 24.3 Å². The molecule has 0 saturated heterocycles. The van der Waals surface area contributed by atoms with Gasteiger partial charge in [0.25, 0.3) is 0 Å². The summed E-state index contributed by atoms with van der Waals surface area (Å²) in [6.07, 6.45) is 5.87. The number of thiazole rings is 1. The van der Waals surface area contributed by atoms with Crippen LogP contribution in [0, 0.1) is 0 Å². The van der Waals surface area contributed by atoms with Crippen molar-refractivity contribution in [1.82, 2.24) is 9.38 Å². The maximum absolute atomic E-state index is 5.93. The molecule has 2 heterocycles. The van der Waals surface area contributed by atoms with Crippen LogP contribution < -0.4 is 5.73 Å². The molecule has 0 radical (unpaired) electrons. The number of hydrogen-bond acceptors (Lipinski definition) is 3. The summed E-state index contributed by atoms with van der Waals surface area (Å²) < 4.78 is 2.41. The van der Waals surface area contributed by atoms with E-state index in [0.717, 1.165) is 17.1 Å². The molecule has 1 aromatic carbocycles. The molecular weight excluding hydrogens is 314 g/mol. The molecule has 24 heavy (non-hydrogen) atoms. The van der Waals surface area contributed by atoms with Crippen molar-refractivity contribution in [1.29, 1.82) is 0 Å². The third-order valence-electron chi connectivity index (χ3n) is 5.05. The molecule has 0 spiro atoms. The molecule has 3 nitrogen and oxygen atoms in total. The van der Waals surface area contributed by atoms with Crippen LogP contribution in [0.2, 0.25) is 0 Å². The normalized spacial score (nSPS) is 14.5. The summed E-state index contributed by atoms with van der Waals surface area (Å²) in [6.45, 7) is 5.12. The second kappa shape index (κ2) is 6.34. The Balaban J connectivity index is 1.85. The predicted molar refractivity (Wildman–Crippen MR) is 102 cm³/mol. The summed E-state index contributed by atoms with van der Waals surface area (Å²) in [5.74, 6) is 0.556. The van der Waals surface area contributed by atoms with Crippen LogP contribution in [0.25, 0.3) is 16.2 Å². The number of nitrogens with zero attached hydrogens (tertiary/aromatic N) is 2. The average molecular weight is 340 g/mol. The second-order valence-electron chi connectivity index (χ2n) is 7.02. The highest BCUT2D eigenvalue weighted by Crippen LogP contribution is 2.35. The van der Waals surface area contributed by atoms with Gasteiger partial charge in [0, 0.05) is 22.6 Å². The number of imidazole rings is 1. The summed E-state index contributed by atoms with van der Waals surface area (Å²) in [5, 5.41) is 0. The molecule has 0 amide bonds. The van der Waals surface area contributed by atoms with E-state index in [1.54, 1.807) is 0 Å². The van der Waals surface area contributed by atoms with Crippen LogP contribution in [0.5, 0.6) is 0 Å². The number of aryl methyl sites for hydroxylation is 2. The lowest BCUT2D eigenvalue weighted by molar-refractivity contribution is 0.669. The molecule has 0 aliphatic heterocycles. The lowest BCUT2D eigenvalue weighted by Gasteiger charge is -2.13. The smallest absolute Gasteiger partial charge is 0.194 e. The molecule has 2 aromatic heterocycles. The Hall–Kier alpha value is -1.65. The van der Waals surface area contributed by atoms with Gasteiger partial charge in [0.1, 0.15) is 0 Å². The third-order valence-corrected chi connectivity index (χ3v) is 6.19. The number of hydrogen-bond donors (Lipinski definition) is 1. The zero-order valence-corrected chi connectivity index (χ0v) is 15.3. The minimum Gasteiger partial charge on any atom is -0.330 e. The van der Waals surface area contributed by atoms with Crippen molar-refractivity contribution in [2.75, 3.05) is 6.54 Å². The highest BCUT2D eigenvalue weighted by atomic mass is 32.1. The van der Waals surface area contributed by atoms with Crippen LogP contribution in [-0.2, 0) is 19.3 Å². The number of fused-ring (bicyclic) bond motifs is 3. The molecular formula is C20H25N3S. The fourth-order valence-electron chi connectivity index (χ4n) is 3.72. The monoisotopic (exact) mass is 339 g/mol. The first-order chi connectivity index (χ1) is 11.7. The van der Waals surface area contributed by atoms with Gasteiger partial charge in [-0.2, -0.15) is 0 Å². The molecule has 4 heteroatoms. The van der Waals surface area contributed by atoms with Crippen molar-refractivity contribution < 1.29 is 0 Å². The first-order valence-corrected chi connectivity index (χ1v) is 9.83. The van der Waals surface area contributed by atoms with Gasteiger partial charge in [-0.1, -0.05) is 38.1 Å². The minimum atomic E-state index is 0.556. The van der Waals surface area contributed by atoms with Crippen molar-refractivity contribution in [3.63, 3.8) is 0 Å². The van der Waals surface area contributed by atoms with Gasteiger partial charge in [0.2, 0.25) is 0 Å². The van der Waals surface area contributed by atoms with Gasteiger partial charge in [0.05, 0.1) is 11.4 Å². The van der Waals surface area contributed by atoms with E-state index in [1.165, 1.54) is 53.1 Å². The van der Waals surface area contributed by atoms with Gasteiger partial charge in [-0.15, -0.1) is 11.3 Å². The molecule has 4 rings (SSSR count). The van der Waals surface area contributed by atoms with Crippen LogP contribution in [-0.4, -0.2) is 15.9 Å². The highest BCUT2D eigenvalue weighted by Gasteiger charge is 2.22. The molecule has 3 aromatic rings. The van der Waals surface area contributed by atoms with E-state index in [9.17, 15) is 0 Å². The summed E-state index contributed by atoms with van der Waals surface area (Å²) in [5.41, 5.74) is 12.4. The fourth-order valence-corrected chi connectivity index (χ4v) is 4.95. The molecule has 0 unspecified atom stereocenters. The number of benzene rings is 1. The van der Waals surface area contributed by atoms with Crippen LogP contribution in [0.1, 0.15) is 54.4 Å². The standard InChI is InChI=1S/C20H25N3S/c1-13(2)14-7-9-15(10-8-14)19-17(11-12-21)23-16-5-3-4-6-18(16)24-20(23)22-19/h7-10,13H,3-6,11-12,21H2,1-2H3. The number of rotatable bonds is 4. The van der Waals surface area contributed by atoms with E-state index in [2.05, 4.69) is 42.5 Å². The molecule has 0 saturated carbocycles. The predicted octanol–water partition coefficient (Wildman–Crippen LogP) is 4.57. The Morgan fingerprint density at radius 1 is 1.17 bits per heavy atom. The minimum absolute atomic E-state index is 0.556. The van der Waals surface area contributed by atoms with Crippen molar-refractivity contribution in [2.45, 2.75) is 51.9 Å². The highest BCUT2D eigenvalue weighted by molar-refractivity contribution is 7.17. The second-order valence-corrected chi connectivity index (χ2v) is 8.08. The first kappa shape index (κ1) is 15.9. The summed E-state index contributed by atoms with van der Waals surface area (Å²) in [6, 6.07) is 8.90. The molecule has 2 N–H and O–H groups in total. The lowest BCUT2D eigenvalue weighted by Crippen LogP contribution is -2.09. The van der Waals surface area contributed by atoms with Crippen molar-refractivity contribution >= 4 is 16.3 Å². The Morgan fingerprint density at radius 3 is 2.62 bits per heavy atom.